The number of hydrogen-bond donors (Lipinski definition) is 1. The van der Waals surface area contributed by atoms with Gasteiger partial charge in [0.15, 0.2) is 0 Å². The van der Waals surface area contributed by atoms with Crippen LogP contribution in [0.15, 0.2) is 12.1 Å². The topological polar surface area (TPSA) is 26.0 Å². The zero-order chi connectivity index (χ0) is 12.1. The molecule has 2 N–H and O–H groups in total. The highest BCUT2D eigenvalue weighted by Gasteiger charge is 2.09. The summed E-state index contributed by atoms with van der Waals surface area (Å²) in [6.45, 7) is 4.29. The molecule has 3 heteroatoms. The van der Waals surface area contributed by atoms with Gasteiger partial charge in [0.25, 0.3) is 0 Å². The predicted molar refractivity (Wildman–Crippen MR) is 62.3 cm³/mol. The van der Waals surface area contributed by atoms with E-state index in [1.54, 1.807) is 6.92 Å². The van der Waals surface area contributed by atoms with Crippen molar-refractivity contribution in [2.45, 2.75) is 33.1 Å². The molecule has 0 bridgehead atoms. The zero-order valence-electron chi connectivity index (χ0n) is 9.89. The van der Waals surface area contributed by atoms with Crippen LogP contribution < -0.4 is 5.73 Å². The molecule has 0 saturated carbocycles. The zero-order valence-corrected chi connectivity index (χ0v) is 9.89. The van der Waals surface area contributed by atoms with Crippen molar-refractivity contribution in [3.63, 3.8) is 0 Å². The molecule has 0 amide bonds. The first kappa shape index (κ1) is 13.1. The number of halogens is 2. The minimum absolute atomic E-state index is 0.307. The van der Waals surface area contributed by atoms with Crippen molar-refractivity contribution in [1.29, 1.82) is 0 Å². The molecule has 0 aliphatic carbocycles. The van der Waals surface area contributed by atoms with E-state index in [-0.39, 0.29) is 11.6 Å². The van der Waals surface area contributed by atoms with E-state index >= 15 is 0 Å². The predicted octanol–water partition coefficient (Wildman–Crippen LogP) is 3.19. The van der Waals surface area contributed by atoms with E-state index in [0.717, 1.165) is 12.8 Å². The number of benzene rings is 1. The Bertz CT molecular complexity index is 350. The molecule has 90 valence electrons. The van der Waals surface area contributed by atoms with Crippen LogP contribution in [-0.4, -0.2) is 6.54 Å². The molecule has 1 nitrogen and oxygen atoms in total. The summed E-state index contributed by atoms with van der Waals surface area (Å²) >= 11 is 0. The van der Waals surface area contributed by atoms with Crippen LogP contribution in [0.4, 0.5) is 8.78 Å². The average molecular weight is 227 g/mol. The summed E-state index contributed by atoms with van der Waals surface area (Å²) in [6, 6.07) is 2.57. The van der Waals surface area contributed by atoms with Crippen molar-refractivity contribution >= 4 is 0 Å². The summed E-state index contributed by atoms with van der Waals surface area (Å²) < 4.78 is 26.7. The maximum atomic E-state index is 13.5. The van der Waals surface area contributed by atoms with Gasteiger partial charge in [-0.25, -0.2) is 8.78 Å². The van der Waals surface area contributed by atoms with Crippen LogP contribution in [0.5, 0.6) is 0 Å². The molecule has 0 aliphatic rings. The summed E-state index contributed by atoms with van der Waals surface area (Å²) in [4.78, 5) is 0. The lowest BCUT2D eigenvalue weighted by molar-refractivity contribution is 0.489. The molecular weight excluding hydrogens is 208 g/mol. The Kier molecular flexibility index (Phi) is 4.87. The normalized spacial score (nSPS) is 12.8. The molecule has 0 aromatic heterocycles. The lowest BCUT2D eigenvalue weighted by Crippen LogP contribution is -2.07. The second-order valence-corrected chi connectivity index (χ2v) is 4.41. The third-order valence-electron chi connectivity index (χ3n) is 2.89. The minimum atomic E-state index is -0.331. The van der Waals surface area contributed by atoms with Crippen LogP contribution in [0.1, 0.15) is 30.9 Å². The van der Waals surface area contributed by atoms with Crippen molar-refractivity contribution in [1.82, 2.24) is 0 Å². The van der Waals surface area contributed by atoms with Gasteiger partial charge in [0.2, 0.25) is 0 Å². The van der Waals surface area contributed by atoms with Gasteiger partial charge < -0.3 is 5.73 Å². The van der Waals surface area contributed by atoms with E-state index in [1.807, 2.05) is 0 Å². The summed E-state index contributed by atoms with van der Waals surface area (Å²) in [7, 11) is 0. The van der Waals surface area contributed by atoms with Gasteiger partial charge in [-0.15, -0.1) is 0 Å². The van der Waals surface area contributed by atoms with Gasteiger partial charge in [-0.05, 0) is 61.9 Å². The molecule has 1 aromatic carbocycles. The van der Waals surface area contributed by atoms with Gasteiger partial charge in [-0.3, -0.25) is 0 Å². The molecule has 0 spiro atoms. The highest BCUT2D eigenvalue weighted by Crippen LogP contribution is 2.18. The van der Waals surface area contributed by atoms with Gasteiger partial charge in [0.1, 0.15) is 11.6 Å². The fraction of sp³-hybridized carbons (Fsp3) is 0.538. The summed E-state index contributed by atoms with van der Waals surface area (Å²) in [5.74, 6) is -0.185. The molecule has 1 atom stereocenters. The quantitative estimate of drug-likeness (QED) is 0.821. The molecule has 1 unspecified atom stereocenters. The van der Waals surface area contributed by atoms with E-state index in [0.29, 0.717) is 30.0 Å². The number of aryl methyl sites for hydroxylation is 2. The van der Waals surface area contributed by atoms with Gasteiger partial charge in [0, 0.05) is 0 Å². The van der Waals surface area contributed by atoms with E-state index in [9.17, 15) is 8.78 Å². The molecular formula is C13H19F2N. The van der Waals surface area contributed by atoms with Crippen LogP contribution >= 0.6 is 0 Å². The highest BCUT2D eigenvalue weighted by atomic mass is 19.1. The van der Waals surface area contributed by atoms with Crippen LogP contribution in [0, 0.1) is 24.5 Å². The summed E-state index contributed by atoms with van der Waals surface area (Å²) in [6.07, 6.45) is 2.34. The van der Waals surface area contributed by atoms with Gasteiger partial charge in [-0.2, -0.15) is 0 Å². The third-order valence-corrected chi connectivity index (χ3v) is 2.89. The van der Waals surface area contributed by atoms with Crippen LogP contribution in [-0.2, 0) is 6.42 Å². The summed E-state index contributed by atoms with van der Waals surface area (Å²) in [5, 5.41) is 0. The fourth-order valence-corrected chi connectivity index (χ4v) is 1.71. The lowest BCUT2D eigenvalue weighted by Gasteiger charge is -2.10. The van der Waals surface area contributed by atoms with Crippen LogP contribution in [0.25, 0.3) is 0 Å². The van der Waals surface area contributed by atoms with Crippen molar-refractivity contribution < 1.29 is 8.78 Å². The van der Waals surface area contributed by atoms with Gasteiger partial charge in [-0.1, -0.05) is 6.92 Å². The SMILES string of the molecule is Cc1cc(F)c(CCC(C)CCN)cc1F. The Morgan fingerprint density at radius 3 is 2.50 bits per heavy atom. The molecule has 0 saturated heterocycles. The maximum absolute atomic E-state index is 13.5. The molecule has 0 radical (unpaired) electrons. The fourth-order valence-electron chi connectivity index (χ4n) is 1.71. The second kappa shape index (κ2) is 5.94. The Morgan fingerprint density at radius 1 is 1.19 bits per heavy atom. The Morgan fingerprint density at radius 2 is 1.88 bits per heavy atom. The second-order valence-electron chi connectivity index (χ2n) is 4.41. The van der Waals surface area contributed by atoms with Crippen molar-refractivity contribution in [2.24, 2.45) is 11.7 Å². The Labute approximate surface area is 95.7 Å². The van der Waals surface area contributed by atoms with E-state index in [1.165, 1.54) is 12.1 Å². The first-order chi connectivity index (χ1) is 7.54. The number of hydrogen-bond acceptors (Lipinski definition) is 1. The number of rotatable bonds is 5. The first-order valence-electron chi connectivity index (χ1n) is 5.69. The largest absolute Gasteiger partial charge is 0.330 e. The monoisotopic (exact) mass is 227 g/mol. The minimum Gasteiger partial charge on any atom is -0.330 e. The molecule has 0 heterocycles. The average Bonchev–Trinajstić information content (AvgIpc) is 2.22. The Balaban J connectivity index is 2.63. The third kappa shape index (κ3) is 3.56. The Hall–Kier alpha value is -0.960. The number of nitrogens with two attached hydrogens (primary N) is 1. The standard InChI is InChI=1S/C13H19F2N/c1-9(5-6-16)3-4-11-8-12(14)10(2)7-13(11)15/h7-9H,3-6,16H2,1-2H3. The van der Waals surface area contributed by atoms with Crippen LogP contribution in [0.2, 0.25) is 0 Å². The van der Waals surface area contributed by atoms with E-state index < -0.39 is 0 Å². The van der Waals surface area contributed by atoms with Crippen molar-refractivity contribution in [3.05, 3.63) is 34.9 Å². The van der Waals surface area contributed by atoms with E-state index in [2.05, 4.69) is 6.92 Å². The molecule has 16 heavy (non-hydrogen) atoms. The smallest absolute Gasteiger partial charge is 0.126 e. The van der Waals surface area contributed by atoms with Gasteiger partial charge >= 0.3 is 0 Å². The van der Waals surface area contributed by atoms with Crippen molar-refractivity contribution in [2.75, 3.05) is 6.54 Å². The van der Waals surface area contributed by atoms with Gasteiger partial charge in [0.05, 0.1) is 0 Å². The molecule has 0 aliphatic heterocycles. The molecule has 1 rings (SSSR count). The van der Waals surface area contributed by atoms with E-state index in [4.69, 9.17) is 5.73 Å². The first-order valence-corrected chi connectivity index (χ1v) is 5.69. The lowest BCUT2D eigenvalue weighted by atomic mass is 9.97. The van der Waals surface area contributed by atoms with Crippen LogP contribution in [0.3, 0.4) is 0 Å². The molecule has 0 fully saturated rings. The maximum Gasteiger partial charge on any atom is 0.126 e. The highest BCUT2D eigenvalue weighted by molar-refractivity contribution is 5.25. The summed E-state index contributed by atoms with van der Waals surface area (Å²) in [5.41, 5.74) is 6.26. The van der Waals surface area contributed by atoms with Crippen molar-refractivity contribution in [3.8, 4) is 0 Å². The molecule has 1 aromatic rings.